The summed E-state index contributed by atoms with van der Waals surface area (Å²) in [6.45, 7) is 0.485. The van der Waals surface area contributed by atoms with Crippen molar-refractivity contribution in [3.05, 3.63) is 0 Å². The molecule has 0 radical (unpaired) electrons. The van der Waals surface area contributed by atoms with Gasteiger partial charge in [0.15, 0.2) is 0 Å². The van der Waals surface area contributed by atoms with Crippen LogP contribution in [-0.4, -0.2) is 45.0 Å². The summed E-state index contributed by atoms with van der Waals surface area (Å²) in [6, 6.07) is 0. The molecular weight excluding hydrogens is 142 g/mol. The van der Waals surface area contributed by atoms with Gasteiger partial charge in [0, 0.05) is 6.54 Å². The first-order valence-corrected chi connectivity index (χ1v) is 4.22. The number of nitrogens with zero attached hydrogens (tertiary/aromatic N) is 1. The maximum atomic E-state index is 8.43. The lowest BCUT2D eigenvalue weighted by atomic mass is 10.7. The Morgan fingerprint density at radius 1 is 1.22 bits per heavy atom. The molecule has 0 heterocycles. The molecule has 0 saturated heterocycles. The molecule has 4 nitrogen and oxygen atoms in total. The van der Waals surface area contributed by atoms with E-state index in [0.717, 1.165) is 0 Å². The zero-order valence-electron chi connectivity index (χ0n) is 5.61. The Balaban J connectivity index is 3.28. The summed E-state index contributed by atoms with van der Waals surface area (Å²) in [6.07, 6.45) is 0. The van der Waals surface area contributed by atoms with Gasteiger partial charge in [-0.2, -0.15) is 0 Å². The smallest absolute Gasteiger partial charge is 0.0823 e. The zero-order valence-corrected chi connectivity index (χ0v) is 6.43. The van der Waals surface area contributed by atoms with Crippen LogP contribution in [0.25, 0.3) is 0 Å². The number of rotatable bonds is 3. The van der Waals surface area contributed by atoms with Crippen LogP contribution in [0.4, 0.5) is 0 Å². The van der Waals surface area contributed by atoms with Crippen molar-refractivity contribution in [2.75, 3.05) is 26.4 Å². The van der Waals surface area contributed by atoms with Gasteiger partial charge in [0.05, 0.1) is 16.6 Å². The summed E-state index contributed by atoms with van der Waals surface area (Å²) in [5, 5.41) is 0. The molecule has 0 aromatic rings. The van der Waals surface area contributed by atoms with E-state index in [1.165, 1.54) is 0 Å². The molecule has 0 aliphatic heterocycles. The second kappa shape index (κ2) is 3.38. The minimum atomic E-state index is -3.26. The normalized spacial score (nSPS) is 14.4. The Bertz CT molecular complexity index is 80.4. The Labute approximate surface area is 56.7 Å². The first kappa shape index (κ1) is 9.19. The van der Waals surface area contributed by atoms with Crippen molar-refractivity contribution < 1.29 is 13.7 Å². The van der Waals surface area contributed by atoms with E-state index in [1.807, 2.05) is 0 Å². The van der Waals surface area contributed by atoms with Crippen LogP contribution in [0, 0.1) is 0 Å². The fourth-order valence-electron chi connectivity index (χ4n) is 0.305. The first-order valence-electron chi connectivity index (χ1n) is 2.55. The van der Waals surface area contributed by atoms with Crippen LogP contribution in [0.5, 0.6) is 0 Å². The van der Waals surface area contributed by atoms with E-state index in [9.17, 15) is 0 Å². The largest absolute Gasteiger partial charge is 0.308 e. The third-order valence-electron chi connectivity index (χ3n) is 0.812. The highest BCUT2D eigenvalue weighted by Crippen LogP contribution is 2.31. The van der Waals surface area contributed by atoms with Gasteiger partial charge in [-0.15, -0.1) is 0 Å². The van der Waals surface area contributed by atoms with E-state index in [2.05, 4.69) is 0 Å². The summed E-state index contributed by atoms with van der Waals surface area (Å²) < 4.78 is 25.3. The van der Waals surface area contributed by atoms with Crippen molar-refractivity contribution in [2.24, 2.45) is 0 Å². The summed E-state index contributed by atoms with van der Waals surface area (Å²) in [5.41, 5.74) is 0. The lowest BCUT2D eigenvalue weighted by Gasteiger charge is -2.20. The van der Waals surface area contributed by atoms with Crippen LogP contribution in [0.2, 0.25) is 0 Å². The van der Waals surface area contributed by atoms with E-state index >= 15 is 0 Å². The van der Waals surface area contributed by atoms with Gasteiger partial charge in [-0.05, 0) is 14.1 Å². The molecular formula is C4H13NO3S. The second-order valence-corrected chi connectivity index (χ2v) is 3.81. The fourth-order valence-corrected chi connectivity index (χ4v) is 0.915. The third kappa shape index (κ3) is 8.19. The van der Waals surface area contributed by atoms with Gasteiger partial charge in [0.25, 0.3) is 0 Å². The van der Waals surface area contributed by atoms with Gasteiger partial charge in [-0.3, -0.25) is 0 Å². The molecule has 58 valence electrons. The molecule has 0 bridgehead atoms. The molecule has 5 heteroatoms. The first-order chi connectivity index (χ1) is 3.92. The van der Waals surface area contributed by atoms with E-state index < -0.39 is 10.9 Å². The number of hydrogen-bond donors (Lipinski definition) is 3. The van der Waals surface area contributed by atoms with Gasteiger partial charge >= 0.3 is 0 Å². The maximum absolute atomic E-state index is 8.43. The molecule has 9 heavy (non-hydrogen) atoms. The quantitative estimate of drug-likeness (QED) is 0.563. The molecule has 0 rings (SSSR count). The average molecular weight is 155 g/mol. The summed E-state index contributed by atoms with van der Waals surface area (Å²) in [4.78, 5) is 1.77. The molecule has 0 aromatic carbocycles. The fraction of sp³-hybridized carbons (Fsp3) is 1.00. The predicted octanol–water partition coefficient (Wildman–Crippen LogP) is 0.772. The lowest BCUT2D eigenvalue weighted by Crippen LogP contribution is -2.19. The van der Waals surface area contributed by atoms with Crippen LogP contribution in [0.15, 0.2) is 0 Å². The van der Waals surface area contributed by atoms with Crippen LogP contribution >= 0.6 is 10.9 Å². The molecule has 0 fully saturated rings. The van der Waals surface area contributed by atoms with Crippen molar-refractivity contribution >= 4 is 10.9 Å². The minimum absolute atomic E-state index is 0.0278. The molecule has 0 amide bonds. The summed E-state index contributed by atoms with van der Waals surface area (Å²) in [7, 11) is 0.333. The van der Waals surface area contributed by atoms with Crippen LogP contribution < -0.4 is 0 Å². The maximum Gasteiger partial charge on any atom is 0.0823 e. The van der Waals surface area contributed by atoms with Gasteiger partial charge < -0.3 is 18.6 Å². The van der Waals surface area contributed by atoms with Crippen LogP contribution in [-0.2, 0) is 0 Å². The van der Waals surface area contributed by atoms with Gasteiger partial charge in [0.2, 0.25) is 0 Å². The molecule has 0 spiro atoms. The highest BCUT2D eigenvalue weighted by molar-refractivity contribution is 8.19. The van der Waals surface area contributed by atoms with E-state index in [1.54, 1.807) is 19.0 Å². The van der Waals surface area contributed by atoms with E-state index in [-0.39, 0.29) is 5.75 Å². The van der Waals surface area contributed by atoms with Crippen molar-refractivity contribution in [2.45, 2.75) is 0 Å². The van der Waals surface area contributed by atoms with E-state index in [0.29, 0.717) is 6.54 Å². The summed E-state index contributed by atoms with van der Waals surface area (Å²) >= 11 is 0. The SMILES string of the molecule is CN(C)CCS(O)(O)O. The zero-order chi connectivity index (χ0) is 7.49. The molecule has 0 unspecified atom stereocenters. The van der Waals surface area contributed by atoms with Crippen LogP contribution in [0.1, 0.15) is 0 Å². The van der Waals surface area contributed by atoms with Gasteiger partial charge in [-0.25, -0.2) is 0 Å². The van der Waals surface area contributed by atoms with Crippen molar-refractivity contribution in [1.82, 2.24) is 4.90 Å². The van der Waals surface area contributed by atoms with Crippen molar-refractivity contribution in [3.63, 3.8) is 0 Å². The third-order valence-corrected chi connectivity index (χ3v) is 1.54. The molecule has 0 atom stereocenters. The highest BCUT2D eigenvalue weighted by Gasteiger charge is 2.10. The number of hydrogen-bond acceptors (Lipinski definition) is 4. The topological polar surface area (TPSA) is 63.9 Å². The Kier molecular flexibility index (Phi) is 3.45. The average Bonchev–Trinajstić information content (AvgIpc) is 1.59. The summed E-state index contributed by atoms with van der Waals surface area (Å²) in [5.74, 6) is 0.0278. The molecule has 0 aliphatic carbocycles. The predicted molar refractivity (Wildman–Crippen MR) is 38.9 cm³/mol. The Hall–Kier alpha value is 0.190. The molecule has 0 saturated carbocycles. The highest BCUT2D eigenvalue weighted by atomic mass is 32.3. The molecule has 0 aromatic heterocycles. The lowest BCUT2D eigenvalue weighted by molar-refractivity contribution is 0.358. The van der Waals surface area contributed by atoms with Gasteiger partial charge in [0.1, 0.15) is 0 Å². The van der Waals surface area contributed by atoms with Crippen molar-refractivity contribution in [3.8, 4) is 0 Å². The monoisotopic (exact) mass is 155 g/mol. The van der Waals surface area contributed by atoms with Gasteiger partial charge in [-0.1, -0.05) is 0 Å². The Morgan fingerprint density at radius 3 is 1.78 bits per heavy atom. The Morgan fingerprint density at radius 2 is 1.67 bits per heavy atom. The van der Waals surface area contributed by atoms with E-state index in [4.69, 9.17) is 13.7 Å². The van der Waals surface area contributed by atoms with Crippen LogP contribution in [0.3, 0.4) is 0 Å². The standard InChI is InChI=1S/C4H13NO3S/c1-5(2)3-4-9(6,7)8/h6-8H,3-4H2,1-2H3. The molecule has 0 aliphatic rings. The van der Waals surface area contributed by atoms with Crippen molar-refractivity contribution in [1.29, 1.82) is 0 Å². The molecule has 3 N–H and O–H groups in total. The second-order valence-electron chi connectivity index (χ2n) is 2.14. The minimum Gasteiger partial charge on any atom is -0.308 e.